The highest BCUT2D eigenvalue weighted by Gasteiger charge is 2.48. The van der Waals surface area contributed by atoms with Crippen LogP contribution < -0.4 is 4.74 Å². The molecule has 3 aliphatic heterocycles. The fraction of sp³-hybridized carbons (Fsp3) is 0.562. The molecule has 1 saturated carbocycles. The number of hydrogen-bond acceptors (Lipinski definition) is 5. The van der Waals surface area contributed by atoms with E-state index in [2.05, 4.69) is 9.88 Å². The lowest BCUT2D eigenvalue weighted by Gasteiger charge is -2.55. The van der Waals surface area contributed by atoms with Crippen LogP contribution in [-0.4, -0.2) is 35.6 Å². The maximum atomic E-state index is 6.32. The van der Waals surface area contributed by atoms with Crippen molar-refractivity contribution < 1.29 is 9.15 Å². The van der Waals surface area contributed by atoms with Crippen LogP contribution in [0.25, 0.3) is 10.4 Å². The molecule has 4 fully saturated rings. The number of rotatable bonds is 3. The van der Waals surface area contributed by atoms with Crippen LogP contribution in [0.1, 0.15) is 12.8 Å². The Labute approximate surface area is 127 Å². The molecule has 5 heterocycles. The average Bonchev–Trinajstić information content (AvgIpc) is 3.13. The predicted molar refractivity (Wildman–Crippen MR) is 80.4 cm³/mol. The Kier molecular flexibility index (Phi) is 2.67. The molecule has 0 spiro atoms. The van der Waals surface area contributed by atoms with Gasteiger partial charge in [-0.3, -0.25) is 0 Å². The Morgan fingerprint density at radius 2 is 2.10 bits per heavy atom. The minimum Gasteiger partial charge on any atom is -0.472 e. The lowest BCUT2D eigenvalue weighted by molar-refractivity contribution is -0.0985. The molecule has 4 aliphatic rings. The Bertz CT molecular complexity index is 609. The second-order valence-corrected chi connectivity index (χ2v) is 7.65. The van der Waals surface area contributed by atoms with Gasteiger partial charge in [0.15, 0.2) is 0 Å². The van der Waals surface area contributed by atoms with Crippen molar-refractivity contribution in [3.8, 4) is 15.6 Å². The van der Waals surface area contributed by atoms with E-state index in [0.29, 0.717) is 17.9 Å². The first-order valence-electron chi connectivity index (χ1n) is 7.72. The fourth-order valence-electron chi connectivity index (χ4n) is 4.52. The summed E-state index contributed by atoms with van der Waals surface area (Å²) in [6, 6.07) is 1.97. The lowest BCUT2D eigenvalue weighted by Crippen LogP contribution is -2.61. The van der Waals surface area contributed by atoms with Crippen LogP contribution in [0.3, 0.4) is 0 Å². The maximum Gasteiger partial charge on any atom is 0.274 e. The van der Waals surface area contributed by atoms with Crippen molar-refractivity contribution >= 4 is 11.3 Å². The quantitative estimate of drug-likeness (QED) is 0.873. The standard InChI is InChI=1S/C16H18N2O2S/c1-2-19-9-11(1)14-5-17-16(21-14)20-15-12-3-10-4-13(15)8-18(6-10)7-12/h1-2,5,9-10,12-13,15H,3-4,6-8H2. The first kappa shape index (κ1) is 12.2. The van der Waals surface area contributed by atoms with E-state index in [-0.39, 0.29) is 0 Å². The van der Waals surface area contributed by atoms with E-state index in [0.717, 1.165) is 21.6 Å². The van der Waals surface area contributed by atoms with Gasteiger partial charge in [-0.05, 0) is 24.8 Å². The Balaban J connectivity index is 1.36. The Morgan fingerprint density at radius 1 is 1.24 bits per heavy atom. The second-order valence-electron chi connectivity index (χ2n) is 6.66. The molecular weight excluding hydrogens is 284 g/mol. The van der Waals surface area contributed by atoms with Crippen molar-refractivity contribution in [3.63, 3.8) is 0 Å². The van der Waals surface area contributed by atoms with Crippen LogP contribution in [0.5, 0.6) is 5.19 Å². The molecule has 21 heavy (non-hydrogen) atoms. The van der Waals surface area contributed by atoms with Crippen LogP contribution in [-0.2, 0) is 0 Å². The topological polar surface area (TPSA) is 38.5 Å². The van der Waals surface area contributed by atoms with Gasteiger partial charge < -0.3 is 14.1 Å². The summed E-state index contributed by atoms with van der Waals surface area (Å²) in [6.07, 6.45) is 8.41. The summed E-state index contributed by atoms with van der Waals surface area (Å²) < 4.78 is 11.5. The summed E-state index contributed by atoms with van der Waals surface area (Å²) in [6.45, 7) is 3.76. The Morgan fingerprint density at radius 3 is 2.81 bits per heavy atom. The van der Waals surface area contributed by atoms with Gasteiger partial charge in [0.1, 0.15) is 6.10 Å². The molecule has 4 nitrogen and oxygen atoms in total. The molecule has 2 atom stereocenters. The first-order valence-corrected chi connectivity index (χ1v) is 8.54. The van der Waals surface area contributed by atoms with E-state index >= 15 is 0 Å². The minimum atomic E-state index is 0.376. The van der Waals surface area contributed by atoms with Crippen LogP contribution in [0.15, 0.2) is 29.2 Å². The van der Waals surface area contributed by atoms with E-state index < -0.39 is 0 Å². The van der Waals surface area contributed by atoms with E-state index in [4.69, 9.17) is 9.15 Å². The highest BCUT2D eigenvalue weighted by Crippen LogP contribution is 2.45. The van der Waals surface area contributed by atoms with Crippen LogP contribution in [0.4, 0.5) is 0 Å². The number of furan rings is 1. The molecule has 5 heteroatoms. The zero-order valence-electron chi connectivity index (χ0n) is 11.8. The third kappa shape index (κ3) is 2.02. The molecule has 1 aliphatic carbocycles. The van der Waals surface area contributed by atoms with E-state index in [1.807, 2.05) is 12.3 Å². The largest absolute Gasteiger partial charge is 0.472 e. The maximum absolute atomic E-state index is 6.32. The zero-order chi connectivity index (χ0) is 13.8. The molecule has 2 aromatic rings. The molecule has 0 radical (unpaired) electrons. The smallest absolute Gasteiger partial charge is 0.274 e. The zero-order valence-corrected chi connectivity index (χ0v) is 12.6. The van der Waals surface area contributed by atoms with Gasteiger partial charge in [-0.2, -0.15) is 0 Å². The average molecular weight is 302 g/mol. The van der Waals surface area contributed by atoms with Gasteiger partial charge in [0.05, 0.1) is 17.4 Å². The lowest BCUT2D eigenvalue weighted by atomic mass is 9.66. The van der Waals surface area contributed by atoms with Gasteiger partial charge in [-0.15, -0.1) is 0 Å². The molecule has 0 aromatic carbocycles. The van der Waals surface area contributed by atoms with Crippen molar-refractivity contribution in [2.75, 3.05) is 19.6 Å². The van der Waals surface area contributed by atoms with E-state index in [1.54, 1.807) is 23.9 Å². The molecule has 2 unspecified atom stereocenters. The minimum absolute atomic E-state index is 0.376. The SMILES string of the molecule is c1cc(-c2cnc(OC3C4CC5CC3CN(C5)C4)s2)co1. The summed E-state index contributed by atoms with van der Waals surface area (Å²) in [5.41, 5.74) is 1.08. The molecule has 2 aromatic heterocycles. The van der Waals surface area contributed by atoms with Gasteiger partial charge >= 0.3 is 0 Å². The fourth-order valence-corrected chi connectivity index (χ4v) is 5.32. The molecular formula is C16H18N2O2S. The number of thiazole rings is 1. The number of aromatic nitrogens is 1. The van der Waals surface area contributed by atoms with Crippen molar-refractivity contribution in [1.82, 2.24) is 9.88 Å². The number of hydrogen-bond donors (Lipinski definition) is 0. The molecule has 110 valence electrons. The predicted octanol–water partition coefficient (Wildman–Crippen LogP) is 3.12. The summed E-state index contributed by atoms with van der Waals surface area (Å²) in [7, 11) is 0. The third-order valence-corrected chi connectivity index (χ3v) is 6.17. The van der Waals surface area contributed by atoms with Gasteiger partial charge in [0.25, 0.3) is 5.19 Å². The second kappa shape index (κ2) is 4.58. The van der Waals surface area contributed by atoms with E-state index in [9.17, 15) is 0 Å². The number of nitrogens with zero attached hydrogens (tertiary/aromatic N) is 2. The molecule has 3 saturated heterocycles. The summed E-state index contributed by atoms with van der Waals surface area (Å²) in [4.78, 5) is 8.21. The van der Waals surface area contributed by atoms with Crippen molar-refractivity contribution in [1.29, 1.82) is 0 Å². The van der Waals surface area contributed by atoms with Crippen molar-refractivity contribution in [2.45, 2.75) is 18.9 Å². The molecule has 0 amide bonds. The Hall–Kier alpha value is -1.33. The van der Waals surface area contributed by atoms with Crippen molar-refractivity contribution in [2.24, 2.45) is 17.8 Å². The van der Waals surface area contributed by atoms with Gasteiger partial charge in [0.2, 0.25) is 0 Å². The van der Waals surface area contributed by atoms with Crippen LogP contribution in [0.2, 0.25) is 0 Å². The number of ether oxygens (including phenoxy) is 1. The van der Waals surface area contributed by atoms with Gasteiger partial charge in [0, 0.05) is 43.2 Å². The first-order chi connectivity index (χ1) is 10.3. The molecule has 4 bridgehead atoms. The van der Waals surface area contributed by atoms with Gasteiger partial charge in [-0.25, -0.2) is 4.98 Å². The highest BCUT2D eigenvalue weighted by molar-refractivity contribution is 7.16. The highest BCUT2D eigenvalue weighted by atomic mass is 32.1. The summed E-state index contributed by atoms with van der Waals surface area (Å²) in [5, 5.41) is 0.818. The van der Waals surface area contributed by atoms with Crippen molar-refractivity contribution in [3.05, 3.63) is 24.8 Å². The molecule has 0 N–H and O–H groups in total. The third-order valence-electron chi connectivity index (χ3n) is 5.23. The number of piperidine rings is 3. The van der Waals surface area contributed by atoms with Gasteiger partial charge in [-0.1, -0.05) is 11.3 Å². The van der Waals surface area contributed by atoms with Crippen LogP contribution >= 0.6 is 11.3 Å². The molecule has 6 rings (SSSR count). The summed E-state index contributed by atoms with van der Waals surface area (Å²) >= 11 is 1.63. The van der Waals surface area contributed by atoms with Crippen LogP contribution in [0, 0.1) is 17.8 Å². The normalized spacial score (nSPS) is 37.0. The van der Waals surface area contributed by atoms with E-state index in [1.165, 1.54) is 32.5 Å². The monoisotopic (exact) mass is 302 g/mol. The summed E-state index contributed by atoms with van der Waals surface area (Å²) in [5.74, 6) is 2.33.